The Labute approximate surface area is 201 Å². The SMILES string of the molecule is O=C(NC1CC1)c1ccc(-c2cc3nccc(-c4cccc(C(=O)N5CCOCC5)c4)c3o2)cn1. The van der Waals surface area contributed by atoms with Crippen LogP contribution in [-0.4, -0.2) is 59.0 Å². The molecule has 0 bridgehead atoms. The highest BCUT2D eigenvalue weighted by molar-refractivity contribution is 5.98. The number of nitrogens with zero attached hydrogens (tertiary/aromatic N) is 3. The average Bonchev–Trinajstić information content (AvgIpc) is 3.62. The van der Waals surface area contributed by atoms with Gasteiger partial charge in [0.2, 0.25) is 0 Å². The van der Waals surface area contributed by atoms with Gasteiger partial charge >= 0.3 is 0 Å². The van der Waals surface area contributed by atoms with E-state index in [1.165, 1.54) is 0 Å². The standard InChI is InChI=1S/C27H24N4O4/c32-26(30-20-5-6-20)22-7-4-19(16-29-22)24-15-23-25(35-24)21(8-9-28-23)17-2-1-3-18(14-17)27(33)31-10-12-34-13-11-31/h1-4,7-9,14-16,20H,5-6,10-13H2,(H,30,32). The fourth-order valence-electron chi connectivity index (χ4n) is 4.24. The fourth-order valence-corrected chi connectivity index (χ4v) is 4.24. The van der Waals surface area contributed by atoms with E-state index < -0.39 is 0 Å². The Bertz CT molecular complexity index is 1400. The van der Waals surface area contributed by atoms with Crippen molar-refractivity contribution in [1.29, 1.82) is 0 Å². The number of furan rings is 1. The molecular weight excluding hydrogens is 444 g/mol. The van der Waals surface area contributed by atoms with Gasteiger partial charge in [-0.25, -0.2) is 0 Å². The van der Waals surface area contributed by atoms with Crippen LogP contribution in [0.25, 0.3) is 33.6 Å². The predicted molar refractivity (Wildman–Crippen MR) is 130 cm³/mol. The summed E-state index contributed by atoms with van der Waals surface area (Å²) in [5.41, 5.74) is 4.84. The lowest BCUT2D eigenvalue weighted by Gasteiger charge is -2.27. The van der Waals surface area contributed by atoms with Crippen molar-refractivity contribution >= 4 is 22.9 Å². The highest BCUT2D eigenvalue weighted by Crippen LogP contribution is 2.34. The molecule has 1 aliphatic heterocycles. The average molecular weight is 469 g/mol. The van der Waals surface area contributed by atoms with Crippen LogP contribution in [0.2, 0.25) is 0 Å². The van der Waals surface area contributed by atoms with Gasteiger partial charge in [-0.1, -0.05) is 12.1 Å². The van der Waals surface area contributed by atoms with Crippen LogP contribution in [0.1, 0.15) is 33.7 Å². The molecule has 6 rings (SSSR count). The van der Waals surface area contributed by atoms with Crippen LogP contribution >= 0.6 is 0 Å². The minimum absolute atomic E-state index is 0.00234. The molecule has 1 saturated heterocycles. The zero-order chi connectivity index (χ0) is 23.8. The van der Waals surface area contributed by atoms with Crippen molar-refractivity contribution in [3.05, 3.63) is 72.2 Å². The minimum Gasteiger partial charge on any atom is -0.454 e. The van der Waals surface area contributed by atoms with Crippen LogP contribution in [0.3, 0.4) is 0 Å². The molecule has 3 aromatic heterocycles. The lowest BCUT2D eigenvalue weighted by molar-refractivity contribution is 0.0303. The summed E-state index contributed by atoms with van der Waals surface area (Å²) >= 11 is 0. The van der Waals surface area contributed by atoms with Crippen LogP contribution in [0.5, 0.6) is 0 Å². The van der Waals surface area contributed by atoms with Crippen LogP contribution in [0, 0.1) is 0 Å². The summed E-state index contributed by atoms with van der Waals surface area (Å²) in [6.07, 6.45) is 5.43. The van der Waals surface area contributed by atoms with Crippen LogP contribution in [0.15, 0.2) is 65.3 Å². The molecule has 1 N–H and O–H groups in total. The summed E-state index contributed by atoms with van der Waals surface area (Å²) in [4.78, 5) is 35.8. The van der Waals surface area contributed by atoms with E-state index >= 15 is 0 Å². The number of carbonyl (C=O) groups is 2. The molecular formula is C27H24N4O4. The van der Waals surface area contributed by atoms with E-state index in [2.05, 4.69) is 15.3 Å². The second-order valence-electron chi connectivity index (χ2n) is 8.85. The van der Waals surface area contributed by atoms with E-state index in [9.17, 15) is 9.59 Å². The van der Waals surface area contributed by atoms with E-state index in [-0.39, 0.29) is 17.9 Å². The van der Waals surface area contributed by atoms with Crippen LogP contribution in [0.4, 0.5) is 0 Å². The van der Waals surface area contributed by atoms with Crippen molar-refractivity contribution in [3.8, 4) is 22.5 Å². The van der Waals surface area contributed by atoms with Crippen LogP contribution < -0.4 is 5.32 Å². The predicted octanol–water partition coefficient (Wildman–Crippen LogP) is 3.92. The first-order valence-electron chi connectivity index (χ1n) is 11.8. The molecule has 8 nitrogen and oxygen atoms in total. The molecule has 176 valence electrons. The molecule has 1 aliphatic carbocycles. The van der Waals surface area contributed by atoms with Crippen molar-refractivity contribution in [2.24, 2.45) is 0 Å². The maximum atomic E-state index is 13.0. The van der Waals surface area contributed by atoms with Gasteiger partial charge in [0.05, 0.1) is 13.2 Å². The summed E-state index contributed by atoms with van der Waals surface area (Å²) in [5, 5.41) is 2.94. The number of pyridine rings is 2. The lowest BCUT2D eigenvalue weighted by atomic mass is 10.0. The molecule has 2 amide bonds. The second-order valence-corrected chi connectivity index (χ2v) is 8.85. The van der Waals surface area contributed by atoms with Gasteiger partial charge in [0.15, 0.2) is 5.58 Å². The van der Waals surface area contributed by atoms with Gasteiger partial charge in [-0.05, 0) is 48.7 Å². The number of fused-ring (bicyclic) bond motifs is 1. The molecule has 2 fully saturated rings. The van der Waals surface area contributed by atoms with Crippen LogP contribution in [-0.2, 0) is 4.74 Å². The zero-order valence-corrected chi connectivity index (χ0v) is 19.1. The molecule has 2 aliphatic rings. The number of ether oxygens (including phenoxy) is 1. The van der Waals surface area contributed by atoms with Crippen molar-refractivity contribution in [2.75, 3.05) is 26.3 Å². The molecule has 0 unspecified atom stereocenters. The number of aromatic nitrogens is 2. The van der Waals surface area contributed by atoms with Crippen molar-refractivity contribution in [3.63, 3.8) is 0 Å². The largest absolute Gasteiger partial charge is 0.454 e. The first-order chi connectivity index (χ1) is 17.2. The van der Waals surface area contributed by atoms with E-state index in [0.717, 1.165) is 29.5 Å². The minimum atomic E-state index is -0.154. The number of benzene rings is 1. The summed E-state index contributed by atoms with van der Waals surface area (Å²) in [6.45, 7) is 2.32. The van der Waals surface area contributed by atoms with E-state index in [1.807, 2.05) is 47.4 Å². The van der Waals surface area contributed by atoms with Gasteiger partial charge in [0.1, 0.15) is 17.0 Å². The Kier molecular flexibility index (Phi) is 5.50. The quantitative estimate of drug-likeness (QED) is 0.477. The van der Waals surface area contributed by atoms with E-state index in [1.54, 1.807) is 18.5 Å². The Hall–Kier alpha value is -4.04. The number of morpholine rings is 1. The van der Waals surface area contributed by atoms with Gasteiger partial charge in [0.25, 0.3) is 11.8 Å². The number of rotatable bonds is 5. The highest BCUT2D eigenvalue weighted by atomic mass is 16.5. The maximum Gasteiger partial charge on any atom is 0.270 e. The van der Waals surface area contributed by atoms with Crippen molar-refractivity contribution in [1.82, 2.24) is 20.2 Å². The van der Waals surface area contributed by atoms with E-state index in [4.69, 9.17) is 9.15 Å². The molecule has 0 spiro atoms. The Morgan fingerprint density at radius 3 is 2.60 bits per heavy atom. The molecule has 1 saturated carbocycles. The lowest BCUT2D eigenvalue weighted by Crippen LogP contribution is -2.40. The molecule has 1 aromatic carbocycles. The third kappa shape index (κ3) is 4.40. The maximum absolute atomic E-state index is 13.0. The van der Waals surface area contributed by atoms with Crippen molar-refractivity contribution in [2.45, 2.75) is 18.9 Å². The third-order valence-corrected chi connectivity index (χ3v) is 6.32. The van der Waals surface area contributed by atoms with Crippen molar-refractivity contribution < 1.29 is 18.7 Å². The topological polar surface area (TPSA) is 97.6 Å². The number of hydrogen-bond donors (Lipinski definition) is 1. The van der Waals surface area contributed by atoms with Gasteiger partial charge in [-0.15, -0.1) is 0 Å². The molecule has 0 radical (unpaired) electrons. The normalized spacial score (nSPS) is 15.8. The fraction of sp³-hybridized carbons (Fsp3) is 0.259. The summed E-state index contributed by atoms with van der Waals surface area (Å²) in [7, 11) is 0. The summed E-state index contributed by atoms with van der Waals surface area (Å²) in [6, 6.07) is 15.1. The Morgan fingerprint density at radius 2 is 1.83 bits per heavy atom. The van der Waals surface area contributed by atoms with Gasteiger partial charge in [-0.2, -0.15) is 0 Å². The Balaban J connectivity index is 1.29. The summed E-state index contributed by atoms with van der Waals surface area (Å²) < 4.78 is 11.6. The van der Waals surface area contributed by atoms with Gasteiger partial charge in [-0.3, -0.25) is 19.6 Å². The Morgan fingerprint density at radius 1 is 0.971 bits per heavy atom. The highest BCUT2D eigenvalue weighted by Gasteiger charge is 2.24. The molecule has 4 aromatic rings. The molecule has 8 heteroatoms. The zero-order valence-electron chi connectivity index (χ0n) is 19.1. The first kappa shape index (κ1) is 21.5. The number of amides is 2. The molecule has 4 heterocycles. The van der Waals surface area contributed by atoms with Gasteiger partial charge in [0, 0.05) is 54.3 Å². The third-order valence-electron chi connectivity index (χ3n) is 6.32. The van der Waals surface area contributed by atoms with Gasteiger partial charge < -0.3 is 19.4 Å². The second kappa shape index (κ2) is 8.96. The van der Waals surface area contributed by atoms with E-state index in [0.29, 0.717) is 54.4 Å². The number of carbonyl (C=O) groups excluding carboxylic acids is 2. The summed E-state index contributed by atoms with van der Waals surface area (Å²) in [5.74, 6) is 0.457. The molecule has 0 atom stereocenters. The number of hydrogen-bond acceptors (Lipinski definition) is 6. The smallest absolute Gasteiger partial charge is 0.270 e. The molecule has 35 heavy (non-hydrogen) atoms. The first-order valence-corrected chi connectivity index (χ1v) is 11.8. The number of nitrogens with one attached hydrogen (secondary N) is 1. The monoisotopic (exact) mass is 468 g/mol.